The summed E-state index contributed by atoms with van der Waals surface area (Å²) in [5.41, 5.74) is 2.78. The maximum Gasteiger partial charge on any atom is 0.122 e. The number of hydrogen-bond acceptors (Lipinski definition) is 2. The highest BCUT2D eigenvalue weighted by molar-refractivity contribution is 5.37. The minimum Gasteiger partial charge on any atom is -0.496 e. The van der Waals surface area contributed by atoms with E-state index in [1.165, 1.54) is 56.4 Å². The predicted molar refractivity (Wildman–Crippen MR) is 76.4 cm³/mol. The molecule has 0 atom stereocenters. The Morgan fingerprint density at radius 2 is 2.00 bits per heavy atom. The van der Waals surface area contributed by atoms with Crippen molar-refractivity contribution in [2.45, 2.75) is 39.0 Å². The summed E-state index contributed by atoms with van der Waals surface area (Å²) in [6.07, 6.45) is 6.29. The molecule has 0 radical (unpaired) electrons. The summed E-state index contributed by atoms with van der Waals surface area (Å²) in [7, 11) is 1.75. The Morgan fingerprint density at radius 1 is 1.22 bits per heavy atom. The Hall–Kier alpha value is -1.02. The molecule has 1 aromatic rings. The first-order chi connectivity index (χ1) is 8.83. The van der Waals surface area contributed by atoms with Gasteiger partial charge >= 0.3 is 0 Å². The van der Waals surface area contributed by atoms with Crippen LogP contribution in [0.4, 0.5) is 0 Å². The molecule has 1 aromatic carbocycles. The highest BCUT2D eigenvalue weighted by atomic mass is 16.5. The van der Waals surface area contributed by atoms with E-state index in [4.69, 9.17) is 4.74 Å². The van der Waals surface area contributed by atoms with Crippen molar-refractivity contribution in [3.05, 3.63) is 29.3 Å². The molecule has 0 spiro atoms. The Balaban J connectivity index is 1.84. The number of methoxy groups -OCH3 is 1. The Bertz CT molecular complexity index is 369. The lowest BCUT2D eigenvalue weighted by molar-refractivity contribution is 0.334. The van der Waals surface area contributed by atoms with E-state index in [2.05, 4.69) is 30.0 Å². The molecule has 1 heterocycles. The average molecular weight is 247 g/mol. The molecule has 0 amide bonds. The molecule has 1 fully saturated rings. The Morgan fingerprint density at radius 3 is 2.67 bits per heavy atom. The van der Waals surface area contributed by atoms with Crippen LogP contribution in [-0.2, 0) is 12.8 Å². The topological polar surface area (TPSA) is 12.5 Å². The molecule has 0 bridgehead atoms. The van der Waals surface area contributed by atoms with Crippen LogP contribution in [0.1, 0.15) is 37.3 Å². The molecule has 0 unspecified atom stereocenters. The van der Waals surface area contributed by atoms with Gasteiger partial charge in [-0.05, 0) is 68.9 Å². The minimum atomic E-state index is 1.03. The smallest absolute Gasteiger partial charge is 0.122 e. The third kappa shape index (κ3) is 3.49. The summed E-state index contributed by atoms with van der Waals surface area (Å²) in [5, 5.41) is 0. The van der Waals surface area contributed by atoms with E-state index in [9.17, 15) is 0 Å². The van der Waals surface area contributed by atoms with Crippen molar-refractivity contribution in [3.8, 4) is 5.75 Å². The molecule has 0 aliphatic carbocycles. The van der Waals surface area contributed by atoms with Gasteiger partial charge in [0.1, 0.15) is 5.75 Å². The first-order valence-electron chi connectivity index (χ1n) is 7.21. The summed E-state index contributed by atoms with van der Waals surface area (Å²) in [6, 6.07) is 6.63. The SMILES string of the molecule is CCc1cc(CCCN2CCCC2)ccc1OC. The number of benzene rings is 1. The lowest BCUT2D eigenvalue weighted by Gasteiger charge is -2.14. The lowest BCUT2D eigenvalue weighted by Crippen LogP contribution is -2.20. The Kier molecular flexibility index (Phi) is 5.06. The third-order valence-corrected chi connectivity index (χ3v) is 3.86. The van der Waals surface area contributed by atoms with Crippen molar-refractivity contribution in [2.24, 2.45) is 0 Å². The lowest BCUT2D eigenvalue weighted by atomic mass is 10.0. The standard InChI is InChI=1S/C16H25NO/c1-3-15-13-14(8-9-16(15)18-2)7-6-12-17-10-4-5-11-17/h8-9,13H,3-7,10-12H2,1-2H3. The summed E-state index contributed by atoms with van der Waals surface area (Å²) in [4.78, 5) is 2.59. The van der Waals surface area contributed by atoms with E-state index >= 15 is 0 Å². The Labute approximate surface area is 111 Å². The number of ether oxygens (including phenoxy) is 1. The maximum atomic E-state index is 5.37. The molecule has 1 saturated heterocycles. The van der Waals surface area contributed by atoms with Gasteiger partial charge in [0.05, 0.1) is 7.11 Å². The second kappa shape index (κ2) is 6.79. The van der Waals surface area contributed by atoms with Crippen molar-refractivity contribution < 1.29 is 4.74 Å². The fourth-order valence-corrected chi connectivity index (χ4v) is 2.78. The van der Waals surface area contributed by atoms with Crippen LogP contribution in [0.5, 0.6) is 5.75 Å². The van der Waals surface area contributed by atoms with Gasteiger partial charge < -0.3 is 9.64 Å². The van der Waals surface area contributed by atoms with Crippen LogP contribution in [0.2, 0.25) is 0 Å². The van der Waals surface area contributed by atoms with Crippen LogP contribution < -0.4 is 4.74 Å². The molecular formula is C16H25NO. The van der Waals surface area contributed by atoms with E-state index in [0.29, 0.717) is 0 Å². The number of rotatable bonds is 6. The van der Waals surface area contributed by atoms with Gasteiger partial charge in [-0.25, -0.2) is 0 Å². The van der Waals surface area contributed by atoms with Gasteiger partial charge in [-0.3, -0.25) is 0 Å². The van der Waals surface area contributed by atoms with E-state index in [1.54, 1.807) is 7.11 Å². The molecule has 2 nitrogen and oxygen atoms in total. The van der Waals surface area contributed by atoms with Gasteiger partial charge in [-0.15, -0.1) is 0 Å². The second-order valence-corrected chi connectivity index (χ2v) is 5.15. The number of hydrogen-bond donors (Lipinski definition) is 0. The van der Waals surface area contributed by atoms with Crippen LogP contribution in [0.15, 0.2) is 18.2 Å². The second-order valence-electron chi connectivity index (χ2n) is 5.15. The van der Waals surface area contributed by atoms with Crippen LogP contribution >= 0.6 is 0 Å². The largest absolute Gasteiger partial charge is 0.496 e. The fraction of sp³-hybridized carbons (Fsp3) is 0.625. The van der Waals surface area contributed by atoms with Crippen molar-refractivity contribution in [2.75, 3.05) is 26.7 Å². The first-order valence-corrected chi connectivity index (χ1v) is 7.21. The summed E-state index contributed by atoms with van der Waals surface area (Å²) in [5.74, 6) is 1.03. The van der Waals surface area contributed by atoms with E-state index in [0.717, 1.165) is 12.2 Å². The molecule has 0 N–H and O–H groups in total. The monoisotopic (exact) mass is 247 g/mol. The highest BCUT2D eigenvalue weighted by Gasteiger charge is 2.10. The minimum absolute atomic E-state index is 1.03. The molecular weight excluding hydrogens is 222 g/mol. The zero-order valence-corrected chi connectivity index (χ0v) is 11.7. The highest BCUT2D eigenvalue weighted by Crippen LogP contribution is 2.21. The van der Waals surface area contributed by atoms with Crippen molar-refractivity contribution in [3.63, 3.8) is 0 Å². The molecule has 100 valence electrons. The van der Waals surface area contributed by atoms with E-state index in [-0.39, 0.29) is 0 Å². The van der Waals surface area contributed by atoms with Crippen LogP contribution in [-0.4, -0.2) is 31.6 Å². The summed E-state index contributed by atoms with van der Waals surface area (Å²) >= 11 is 0. The zero-order valence-electron chi connectivity index (χ0n) is 11.7. The van der Waals surface area contributed by atoms with E-state index < -0.39 is 0 Å². The van der Waals surface area contributed by atoms with Gasteiger partial charge in [-0.2, -0.15) is 0 Å². The fourth-order valence-electron chi connectivity index (χ4n) is 2.78. The van der Waals surface area contributed by atoms with Crippen LogP contribution in [0, 0.1) is 0 Å². The molecule has 0 aromatic heterocycles. The van der Waals surface area contributed by atoms with Gasteiger partial charge in [0.2, 0.25) is 0 Å². The number of likely N-dealkylation sites (tertiary alicyclic amines) is 1. The molecule has 1 aliphatic rings. The third-order valence-electron chi connectivity index (χ3n) is 3.86. The molecule has 1 aliphatic heterocycles. The number of aryl methyl sites for hydroxylation is 2. The molecule has 18 heavy (non-hydrogen) atoms. The van der Waals surface area contributed by atoms with Crippen molar-refractivity contribution >= 4 is 0 Å². The van der Waals surface area contributed by atoms with E-state index in [1.807, 2.05) is 0 Å². The first kappa shape index (κ1) is 13.4. The average Bonchev–Trinajstić information content (AvgIpc) is 2.91. The molecule has 2 heteroatoms. The summed E-state index contributed by atoms with van der Waals surface area (Å²) < 4.78 is 5.37. The summed E-state index contributed by atoms with van der Waals surface area (Å²) in [6.45, 7) is 6.06. The quantitative estimate of drug-likeness (QED) is 0.765. The normalized spacial score (nSPS) is 16.1. The van der Waals surface area contributed by atoms with Crippen LogP contribution in [0.25, 0.3) is 0 Å². The van der Waals surface area contributed by atoms with Gasteiger partial charge in [0, 0.05) is 0 Å². The van der Waals surface area contributed by atoms with Crippen molar-refractivity contribution in [1.29, 1.82) is 0 Å². The predicted octanol–water partition coefficient (Wildman–Crippen LogP) is 3.29. The molecule has 0 saturated carbocycles. The maximum absolute atomic E-state index is 5.37. The zero-order chi connectivity index (χ0) is 12.8. The van der Waals surface area contributed by atoms with Crippen LogP contribution in [0.3, 0.4) is 0 Å². The molecule has 2 rings (SSSR count). The van der Waals surface area contributed by atoms with Gasteiger partial charge in [-0.1, -0.05) is 19.1 Å². The van der Waals surface area contributed by atoms with Crippen molar-refractivity contribution in [1.82, 2.24) is 4.90 Å². The number of nitrogens with zero attached hydrogens (tertiary/aromatic N) is 1. The van der Waals surface area contributed by atoms with Gasteiger partial charge in [0.15, 0.2) is 0 Å². The van der Waals surface area contributed by atoms with Gasteiger partial charge in [0.25, 0.3) is 0 Å².